The molecule has 0 spiro atoms. The summed E-state index contributed by atoms with van der Waals surface area (Å²) in [4.78, 5) is 7.34. The van der Waals surface area contributed by atoms with Crippen molar-refractivity contribution >= 4 is 6.21 Å². The largest absolute Gasteiger partial charge is 0.417 e. The van der Waals surface area contributed by atoms with E-state index in [1.807, 2.05) is 0 Å². The predicted molar refractivity (Wildman–Crippen MR) is 113 cm³/mol. The van der Waals surface area contributed by atoms with E-state index in [2.05, 4.69) is 20.2 Å². The Balaban J connectivity index is 1.38. The number of hydrogen-bond acceptors (Lipinski definition) is 5. The number of hydrazone groups is 1. The van der Waals surface area contributed by atoms with Gasteiger partial charge in [0.25, 0.3) is 0 Å². The van der Waals surface area contributed by atoms with Crippen LogP contribution in [-0.2, 0) is 25.4 Å². The number of aromatic nitrogens is 3. The van der Waals surface area contributed by atoms with E-state index < -0.39 is 40.6 Å². The van der Waals surface area contributed by atoms with Crippen molar-refractivity contribution in [2.24, 2.45) is 5.10 Å². The molecule has 0 bridgehead atoms. The van der Waals surface area contributed by atoms with E-state index in [9.17, 15) is 30.7 Å². The second-order valence-corrected chi connectivity index (χ2v) is 7.93. The molecule has 0 unspecified atom stereocenters. The third-order valence-corrected chi connectivity index (χ3v) is 5.45. The minimum atomic E-state index is -4.90. The van der Waals surface area contributed by atoms with Crippen molar-refractivity contribution in [2.75, 3.05) is 0 Å². The Morgan fingerprint density at radius 1 is 0.944 bits per heavy atom. The third kappa shape index (κ3) is 4.55. The molecule has 4 aromatic rings. The highest BCUT2D eigenvalue weighted by Gasteiger charge is 2.38. The van der Waals surface area contributed by atoms with Gasteiger partial charge in [0.2, 0.25) is 0 Å². The molecule has 13 heteroatoms. The molecule has 0 atom stereocenters. The first-order valence-electron chi connectivity index (χ1n) is 10.4. The minimum absolute atomic E-state index is 0.0443. The Morgan fingerprint density at radius 2 is 1.72 bits per heavy atom. The Labute approximate surface area is 198 Å². The zero-order valence-corrected chi connectivity index (χ0v) is 18.0. The first-order valence-corrected chi connectivity index (χ1v) is 10.4. The average Bonchev–Trinajstić information content (AvgIpc) is 3.44. The Morgan fingerprint density at radius 3 is 2.44 bits per heavy atom. The standard InChI is InChI=1S/C23H14F7N5O/c24-17-4-2-1-3-14(17)21-32-19-9-31-35(11-20(19)33-21)10-13-8-18(34-36-13)15-7-12(22(25,26)27)5-6-16(15)23(28,29)30/h1-9H,10-11H2,(H,32,33). The lowest BCUT2D eigenvalue weighted by Gasteiger charge is -2.19. The molecule has 0 aliphatic carbocycles. The van der Waals surface area contributed by atoms with Crippen molar-refractivity contribution in [3.63, 3.8) is 0 Å². The van der Waals surface area contributed by atoms with Crippen LogP contribution in [0.25, 0.3) is 22.6 Å². The topological polar surface area (TPSA) is 70.3 Å². The summed E-state index contributed by atoms with van der Waals surface area (Å²) in [6.45, 7) is 0.137. The molecular formula is C23H14F7N5O. The quantitative estimate of drug-likeness (QED) is 0.330. The van der Waals surface area contributed by atoms with Crippen LogP contribution < -0.4 is 0 Å². The Kier molecular flexibility index (Phi) is 5.57. The number of hydrogen-bond donors (Lipinski definition) is 1. The SMILES string of the molecule is Fc1ccccc1-c1nc2c([nH]1)CN(Cc1cc(-c3cc(C(F)(F)F)ccc3C(F)(F)F)no1)N=C2. The number of alkyl halides is 6. The van der Waals surface area contributed by atoms with Crippen LogP contribution in [0.1, 0.15) is 28.3 Å². The number of nitrogens with one attached hydrogen (secondary N) is 1. The first kappa shape index (κ1) is 23.6. The van der Waals surface area contributed by atoms with Gasteiger partial charge in [0.15, 0.2) is 5.76 Å². The fraction of sp³-hybridized carbons (Fsp3) is 0.174. The summed E-state index contributed by atoms with van der Waals surface area (Å²) in [5.41, 5.74) is -2.29. The monoisotopic (exact) mass is 509 g/mol. The highest BCUT2D eigenvalue weighted by Crippen LogP contribution is 2.40. The highest BCUT2D eigenvalue weighted by atomic mass is 19.4. The molecule has 2 aromatic heterocycles. The van der Waals surface area contributed by atoms with Gasteiger partial charge < -0.3 is 9.51 Å². The van der Waals surface area contributed by atoms with Gasteiger partial charge >= 0.3 is 12.4 Å². The van der Waals surface area contributed by atoms with E-state index in [-0.39, 0.29) is 24.4 Å². The molecule has 5 rings (SSSR count). The molecule has 1 aliphatic rings. The van der Waals surface area contributed by atoms with Gasteiger partial charge in [-0.2, -0.15) is 31.4 Å². The van der Waals surface area contributed by atoms with Gasteiger partial charge in [-0.15, -0.1) is 0 Å². The summed E-state index contributed by atoms with van der Waals surface area (Å²) >= 11 is 0. The van der Waals surface area contributed by atoms with Crippen LogP contribution in [0.2, 0.25) is 0 Å². The molecular weight excluding hydrogens is 495 g/mol. The van der Waals surface area contributed by atoms with E-state index in [1.54, 1.807) is 18.2 Å². The maximum absolute atomic E-state index is 14.1. The van der Waals surface area contributed by atoms with E-state index in [1.165, 1.54) is 17.3 Å². The van der Waals surface area contributed by atoms with E-state index in [4.69, 9.17) is 4.52 Å². The lowest BCUT2D eigenvalue weighted by molar-refractivity contribution is -0.141. The molecule has 0 saturated heterocycles. The second kappa shape index (κ2) is 8.50. The molecule has 36 heavy (non-hydrogen) atoms. The zero-order chi connectivity index (χ0) is 25.7. The number of H-pyrrole nitrogens is 1. The maximum atomic E-state index is 14.1. The van der Waals surface area contributed by atoms with Crippen molar-refractivity contribution in [3.8, 4) is 22.6 Å². The van der Waals surface area contributed by atoms with Gasteiger partial charge in [-0.05, 0) is 30.3 Å². The van der Waals surface area contributed by atoms with Crippen LogP contribution >= 0.6 is 0 Å². The van der Waals surface area contributed by atoms with Crippen molar-refractivity contribution in [1.29, 1.82) is 0 Å². The van der Waals surface area contributed by atoms with Gasteiger partial charge in [0, 0.05) is 11.6 Å². The second-order valence-electron chi connectivity index (χ2n) is 7.93. The van der Waals surface area contributed by atoms with Gasteiger partial charge in [0.05, 0.1) is 41.7 Å². The molecule has 0 saturated carbocycles. The molecule has 3 heterocycles. The molecule has 0 radical (unpaired) electrons. The maximum Gasteiger partial charge on any atom is 0.417 e. The van der Waals surface area contributed by atoms with Gasteiger partial charge in [-0.3, -0.25) is 5.01 Å². The summed E-state index contributed by atoms with van der Waals surface area (Å²) < 4.78 is 98.8. The molecule has 186 valence electrons. The number of aromatic amines is 1. The molecule has 0 fully saturated rings. The summed E-state index contributed by atoms with van der Waals surface area (Å²) in [6, 6.07) is 8.34. The normalized spacial score (nSPS) is 13.8. The van der Waals surface area contributed by atoms with Gasteiger partial charge in [-0.25, -0.2) is 9.37 Å². The van der Waals surface area contributed by atoms with Crippen molar-refractivity contribution in [2.45, 2.75) is 25.4 Å². The predicted octanol–water partition coefficient (Wildman–Crippen LogP) is 6.26. The number of benzene rings is 2. The summed E-state index contributed by atoms with van der Waals surface area (Å²) in [7, 11) is 0. The molecule has 6 nitrogen and oxygen atoms in total. The van der Waals surface area contributed by atoms with Crippen LogP contribution in [0.15, 0.2) is 58.2 Å². The molecule has 1 N–H and O–H groups in total. The summed E-state index contributed by atoms with van der Waals surface area (Å²) in [6.07, 6.45) is -8.31. The van der Waals surface area contributed by atoms with Gasteiger partial charge in [-0.1, -0.05) is 17.3 Å². The van der Waals surface area contributed by atoms with Crippen LogP contribution in [-0.4, -0.2) is 26.3 Å². The number of nitrogens with zero attached hydrogens (tertiary/aromatic N) is 4. The summed E-state index contributed by atoms with van der Waals surface area (Å²) in [5.74, 6) is -0.0815. The molecule has 1 aliphatic heterocycles. The Bertz CT molecular complexity index is 1450. The fourth-order valence-electron chi connectivity index (χ4n) is 3.76. The van der Waals surface area contributed by atoms with E-state index >= 15 is 0 Å². The van der Waals surface area contributed by atoms with Crippen LogP contribution in [0, 0.1) is 5.82 Å². The van der Waals surface area contributed by atoms with Crippen LogP contribution in [0.3, 0.4) is 0 Å². The van der Waals surface area contributed by atoms with E-state index in [0.29, 0.717) is 35.4 Å². The molecule has 0 amide bonds. The lowest BCUT2D eigenvalue weighted by Crippen LogP contribution is -2.21. The van der Waals surface area contributed by atoms with E-state index in [0.717, 1.165) is 6.07 Å². The average molecular weight is 509 g/mol. The number of fused-ring (bicyclic) bond motifs is 1. The van der Waals surface area contributed by atoms with Crippen molar-refractivity contribution in [3.05, 3.63) is 82.6 Å². The minimum Gasteiger partial charge on any atom is -0.359 e. The molecule has 2 aromatic carbocycles. The van der Waals surface area contributed by atoms with Gasteiger partial charge in [0.1, 0.15) is 23.0 Å². The summed E-state index contributed by atoms with van der Waals surface area (Å²) in [5, 5.41) is 9.24. The third-order valence-electron chi connectivity index (χ3n) is 5.45. The van der Waals surface area contributed by atoms with Crippen LogP contribution in [0.4, 0.5) is 30.7 Å². The lowest BCUT2D eigenvalue weighted by atomic mass is 10.0. The number of imidazole rings is 1. The van der Waals surface area contributed by atoms with Crippen molar-refractivity contribution < 1.29 is 35.3 Å². The van der Waals surface area contributed by atoms with Crippen molar-refractivity contribution in [1.82, 2.24) is 20.1 Å². The number of rotatable bonds is 4. The fourth-order valence-corrected chi connectivity index (χ4v) is 3.76. The number of halogens is 7. The van der Waals surface area contributed by atoms with Crippen LogP contribution in [0.5, 0.6) is 0 Å². The highest BCUT2D eigenvalue weighted by molar-refractivity contribution is 5.80. The zero-order valence-electron chi connectivity index (χ0n) is 18.0. The Hall–Kier alpha value is -4.16. The first-order chi connectivity index (χ1) is 17.0. The smallest absolute Gasteiger partial charge is 0.359 e.